The average Bonchev–Trinajstić information content (AvgIpc) is 3.26. The standard InChI is InChI=1S/C50H64N4O6/c1-52-47-20-19-38-30-53-22-21-44(38)45(47)14-7-3-6-13-42(57)28-43(58)25-41(32-55)46-29-49(60-33-56)48(59)26-39(46)24-40-31-54-50(51)27-37(40)18-17-36-12-8-11-35(23-36)16-15-34-9-4-2-5-10-34/h2,4-5,8-12,19-20,23,25-27,29,31,38,44-45,47,50,52-56,59H,3,6-7,13-18,21-22,24,28,30,32-33,51H2,1H3. The highest BCUT2D eigenvalue weighted by molar-refractivity contribution is 6.07. The lowest BCUT2D eigenvalue weighted by atomic mass is 9.68. The summed E-state index contributed by atoms with van der Waals surface area (Å²) in [4.78, 5) is 26.3. The lowest BCUT2D eigenvalue weighted by Crippen LogP contribution is -2.47. The Hall–Kier alpha value is -4.84. The summed E-state index contributed by atoms with van der Waals surface area (Å²) in [6.45, 7) is 0.962. The number of ether oxygens (including phenoxy) is 1. The molecule has 1 fully saturated rings. The molecule has 1 aliphatic carbocycles. The number of hydrogen-bond donors (Lipinski definition) is 7. The van der Waals surface area contributed by atoms with Crippen molar-refractivity contribution in [2.45, 2.75) is 89.3 Å². The molecule has 5 atom stereocenters. The van der Waals surface area contributed by atoms with Crippen LogP contribution in [0.3, 0.4) is 0 Å². The fraction of sp³-hybridized carbons (Fsp3) is 0.440. The van der Waals surface area contributed by atoms with Crippen LogP contribution in [0.25, 0.3) is 5.57 Å². The van der Waals surface area contributed by atoms with Crippen LogP contribution in [0.4, 0.5) is 0 Å². The minimum atomic E-state index is -0.669. The maximum atomic E-state index is 13.3. The predicted octanol–water partition coefficient (Wildman–Crippen LogP) is 6.23. The van der Waals surface area contributed by atoms with E-state index in [4.69, 9.17) is 10.5 Å². The number of ketones is 2. The van der Waals surface area contributed by atoms with Crippen LogP contribution < -0.4 is 26.4 Å². The van der Waals surface area contributed by atoms with Crippen molar-refractivity contribution in [2.75, 3.05) is 33.5 Å². The van der Waals surface area contributed by atoms with Crippen LogP contribution in [0.5, 0.6) is 11.5 Å². The van der Waals surface area contributed by atoms with E-state index >= 15 is 0 Å². The smallest absolute Gasteiger partial charge is 0.186 e. The molecule has 1 saturated heterocycles. The lowest BCUT2D eigenvalue weighted by molar-refractivity contribution is -0.124. The van der Waals surface area contributed by atoms with Crippen molar-refractivity contribution in [1.82, 2.24) is 16.0 Å². The number of hydrogen-bond acceptors (Lipinski definition) is 10. The summed E-state index contributed by atoms with van der Waals surface area (Å²) in [5.41, 5.74) is 13.6. The van der Waals surface area contributed by atoms with Crippen LogP contribution >= 0.6 is 0 Å². The number of fused-ring (bicyclic) bond motifs is 1. The molecule has 0 radical (unpaired) electrons. The van der Waals surface area contributed by atoms with Gasteiger partial charge in [-0.05, 0) is 152 Å². The van der Waals surface area contributed by atoms with Crippen molar-refractivity contribution < 1.29 is 29.6 Å². The first-order valence-electron chi connectivity index (χ1n) is 21.8. The minimum absolute atomic E-state index is 0.0146. The second-order valence-corrected chi connectivity index (χ2v) is 16.6. The predicted molar refractivity (Wildman–Crippen MR) is 238 cm³/mol. The number of likely N-dealkylation sites (N-methyl/N-ethyl adjacent to an activating group) is 1. The molecular formula is C50H64N4O6. The number of carbonyl (C=O) groups excluding carboxylic acids is 2. The summed E-state index contributed by atoms with van der Waals surface area (Å²) in [6.07, 6.45) is 18.5. The van der Waals surface area contributed by atoms with Gasteiger partial charge in [0.1, 0.15) is 5.78 Å². The van der Waals surface area contributed by atoms with Gasteiger partial charge in [0, 0.05) is 25.2 Å². The third-order valence-corrected chi connectivity index (χ3v) is 12.5. The third-order valence-electron chi connectivity index (χ3n) is 12.5. The van der Waals surface area contributed by atoms with Gasteiger partial charge in [-0.1, -0.05) is 79.6 Å². The summed E-state index contributed by atoms with van der Waals surface area (Å²) in [7, 11) is 2.03. The van der Waals surface area contributed by atoms with Crippen LogP contribution in [-0.2, 0) is 35.3 Å². The number of unbranched alkanes of at least 4 members (excludes halogenated alkanes) is 2. The van der Waals surface area contributed by atoms with E-state index in [1.165, 1.54) is 41.3 Å². The molecule has 60 heavy (non-hydrogen) atoms. The molecule has 10 nitrogen and oxygen atoms in total. The largest absolute Gasteiger partial charge is 0.504 e. The Morgan fingerprint density at radius 2 is 1.68 bits per heavy atom. The molecule has 3 aromatic carbocycles. The summed E-state index contributed by atoms with van der Waals surface area (Å²) in [5, 5.41) is 41.2. The third kappa shape index (κ3) is 12.6. The fourth-order valence-corrected chi connectivity index (χ4v) is 9.31. The van der Waals surface area contributed by atoms with Crippen molar-refractivity contribution in [2.24, 2.45) is 23.5 Å². The Kier molecular flexibility index (Phi) is 16.9. The molecule has 0 saturated carbocycles. The number of aliphatic hydroxyl groups excluding tert-OH is 2. The zero-order valence-corrected chi connectivity index (χ0v) is 35.1. The normalized spacial score (nSPS) is 21.4. The average molecular weight is 817 g/mol. The van der Waals surface area contributed by atoms with Crippen molar-refractivity contribution >= 4 is 17.1 Å². The van der Waals surface area contributed by atoms with Crippen LogP contribution in [-0.4, -0.2) is 72.6 Å². The topological polar surface area (TPSA) is 166 Å². The summed E-state index contributed by atoms with van der Waals surface area (Å²) < 4.78 is 5.30. The number of Topliss-reactive ketones (excluding diaryl/α,β-unsaturated/α-hetero) is 1. The Labute approximate surface area is 355 Å². The first-order valence-corrected chi connectivity index (χ1v) is 21.8. The van der Waals surface area contributed by atoms with Gasteiger partial charge in [-0.3, -0.25) is 9.59 Å². The zero-order valence-electron chi connectivity index (χ0n) is 35.1. The number of aromatic hydroxyl groups is 1. The zero-order chi connectivity index (χ0) is 42.3. The van der Waals surface area contributed by atoms with Crippen molar-refractivity contribution in [3.8, 4) is 11.5 Å². The van der Waals surface area contributed by atoms with Gasteiger partial charge in [-0.15, -0.1) is 0 Å². The second kappa shape index (κ2) is 22.7. The van der Waals surface area contributed by atoms with E-state index in [2.05, 4.69) is 76.6 Å². The van der Waals surface area contributed by atoms with Crippen LogP contribution in [0.1, 0.15) is 79.2 Å². The quantitative estimate of drug-likeness (QED) is 0.0203. The van der Waals surface area contributed by atoms with Crippen molar-refractivity contribution in [1.29, 1.82) is 0 Å². The summed E-state index contributed by atoms with van der Waals surface area (Å²) in [6, 6.07) is 22.6. The number of aliphatic hydroxyl groups is 2. The molecule has 0 amide bonds. The van der Waals surface area contributed by atoms with Gasteiger partial charge >= 0.3 is 0 Å². The highest BCUT2D eigenvalue weighted by Gasteiger charge is 2.36. The Balaban J connectivity index is 1.07. The number of aryl methyl sites for hydroxylation is 3. The molecule has 0 bridgehead atoms. The number of phenols is 1. The number of rotatable bonds is 22. The first kappa shape index (κ1) is 44.7. The molecule has 10 heteroatoms. The minimum Gasteiger partial charge on any atom is -0.504 e. The maximum absolute atomic E-state index is 13.3. The van der Waals surface area contributed by atoms with E-state index in [0.717, 1.165) is 75.6 Å². The van der Waals surface area contributed by atoms with Gasteiger partial charge in [0.05, 0.1) is 19.2 Å². The number of nitrogens with two attached hydrogens (primary N) is 1. The molecule has 3 aliphatic rings. The number of piperidine rings is 1. The van der Waals surface area contributed by atoms with Gasteiger partial charge in [0.15, 0.2) is 24.1 Å². The highest BCUT2D eigenvalue weighted by Crippen LogP contribution is 2.38. The number of phenolic OH excluding ortho intramolecular Hbond substituents is 1. The molecule has 2 aliphatic heterocycles. The monoisotopic (exact) mass is 816 g/mol. The summed E-state index contributed by atoms with van der Waals surface area (Å²) >= 11 is 0. The number of benzene rings is 3. The van der Waals surface area contributed by atoms with Crippen molar-refractivity contribution in [3.63, 3.8) is 0 Å². The van der Waals surface area contributed by atoms with Gasteiger partial charge in [-0.25, -0.2) is 0 Å². The van der Waals surface area contributed by atoms with Gasteiger partial charge in [-0.2, -0.15) is 0 Å². The number of allylic oxidation sites excluding steroid dienone is 3. The fourth-order valence-electron chi connectivity index (χ4n) is 9.31. The molecule has 320 valence electrons. The maximum Gasteiger partial charge on any atom is 0.186 e. The lowest BCUT2D eigenvalue weighted by Gasteiger charge is -2.42. The van der Waals surface area contributed by atoms with Crippen LogP contribution in [0.15, 0.2) is 108 Å². The van der Waals surface area contributed by atoms with E-state index in [9.17, 15) is 24.9 Å². The summed E-state index contributed by atoms with van der Waals surface area (Å²) in [5.74, 6) is 1.17. The SMILES string of the molecule is CNC1C=CC2CNCCC2C1CCCCCC(=O)CC(=O)C=C(CO)c1cc(OCO)c(O)cc1CC1=CNC(N)C=C1CCc1cccc(CCc2ccccc2)c1. The van der Waals surface area contributed by atoms with E-state index in [0.29, 0.717) is 53.3 Å². The van der Waals surface area contributed by atoms with Crippen LogP contribution in [0.2, 0.25) is 0 Å². The number of nitrogens with one attached hydrogen (secondary N) is 3. The number of dihydropyridines is 1. The highest BCUT2D eigenvalue weighted by atomic mass is 16.6. The van der Waals surface area contributed by atoms with E-state index in [1.807, 2.05) is 25.4 Å². The molecule has 5 unspecified atom stereocenters. The molecule has 0 aromatic heterocycles. The molecule has 0 spiro atoms. The Morgan fingerprint density at radius 1 is 0.917 bits per heavy atom. The van der Waals surface area contributed by atoms with E-state index < -0.39 is 19.2 Å². The van der Waals surface area contributed by atoms with Crippen LogP contribution in [0, 0.1) is 17.8 Å². The van der Waals surface area contributed by atoms with Crippen molar-refractivity contribution in [3.05, 3.63) is 136 Å². The van der Waals surface area contributed by atoms with Gasteiger partial charge in [0.2, 0.25) is 0 Å². The Bertz CT molecular complexity index is 2020. The molecule has 3 aromatic rings. The molecule has 6 rings (SSSR count). The first-order chi connectivity index (χ1) is 29.2. The molecular weight excluding hydrogens is 753 g/mol. The molecule has 2 heterocycles. The number of carbonyl (C=O) groups is 2. The van der Waals surface area contributed by atoms with E-state index in [-0.39, 0.29) is 29.9 Å². The van der Waals surface area contributed by atoms with Gasteiger partial charge in [0.25, 0.3) is 0 Å². The molecule has 8 N–H and O–H groups in total. The van der Waals surface area contributed by atoms with E-state index in [1.54, 1.807) is 0 Å². The van der Waals surface area contributed by atoms with Gasteiger partial charge < -0.3 is 41.7 Å². The Morgan fingerprint density at radius 3 is 2.45 bits per heavy atom. The second-order valence-electron chi connectivity index (χ2n) is 16.6.